The molecule has 0 saturated heterocycles. The van der Waals surface area contributed by atoms with Gasteiger partial charge in [0, 0.05) is 19.0 Å². The van der Waals surface area contributed by atoms with Gasteiger partial charge in [0.15, 0.2) is 0 Å². The zero-order valence-electron chi connectivity index (χ0n) is 9.78. The van der Waals surface area contributed by atoms with Gasteiger partial charge in [0.05, 0.1) is 0 Å². The number of carbonyl (C=O) groups is 1. The number of benzene rings is 1. The van der Waals surface area contributed by atoms with Crippen LogP contribution in [0.1, 0.15) is 37.8 Å². The summed E-state index contributed by atoms with van der Waals surface area (Å²) in [5, 5.41) is 2.85. The van der Waals surface area contributed by atoms with Crippen molar-refractivity contribution in [2.24, 2.45) is 5.73 Å². The Hall–Kier alpha value is -1.35. The second-order valence-electron chi connectivity index (χ2n) is 3.92. The van der Waals surface area contributed by atoms with Gasteiger partial charge in [-0.2, -0.15) is 0 Å². The second kappa shape index (κ2) is 7.01. The molecule has 16 heavy (non-hydrogen) atoms. The monoisotopic (exact) mass is 220 g/mol. The molecule has 1 rings (SSSR count). The molecule has 0 aliphatic heterocycles. The van der Waals surface area contributed by atoms with Crippen LogP contribution >= 0.6 is 0 Å². The number of unbranched alkanes of at least 4 members (excludes halogenated alkanes) is 1. The Bertz CT molecular complexity index is 311. The molecule has 0 heterocycles. The van der Waals surface area contributed by atoms with E-state index >= 15 is 0 Å². The molecule has 0 radical (unpaired) electrons. The highest BCUT2D eigenvalue weighted by Crippen LogP contribution is 2.07. The van der Waals surface area contributed by atoms with Crippen LogP contribution in [0.25, 0.3) is 0 Å². The highest BCUT2D eigenvalue weighted by Gasteiger charge is 2.06. The van der Waals surface area contributed by atoms with E-state index < -0.39 is 0 Å². The summed E-state index contributed by atoms with van der Waals surface area (Å²) in [7, 11) is 0. The lowest BCUT2D eigenvalue weighted by Crippen LogP contribution is -2.31. The molecule has 1 atom stereocenters. The smallest absolute Gasteiger partial charge is 0.220 e. The van der Waals surface area contributed by atoms with Crippen molar-refractivity contribution in [2.45, 2.75) is 32.2 Å². The van der Waals surface area contributed by atoms with Crippen LogP contribution < -0.4 is 11.1 Å². The molecule has 3 heteroatoms. The SMILES string of the molecule is CCCCC(=O)NCC(N)c1ccccc1. The molecule has 0 bridgehead atoms. The van der Waals surface area contributed by atoms with Crippen molar-refractivity contribution < 1.29 is 4.79 Å². The number of nitrogens with two attached hydrogens (primary N) is 1. The van der Waals surface area contributed by atoms with Gasteiger partial charge in [-0.1, -0.05) is 43.7 Å². The van der Waals surface area contributed by atoms with Crippen molar-refractivity contribution >= 4 is 5.91 Å². The fraction of sp³-hybridized carbons (Fsp3) is 0.462. The Labute approximate surface area is 97.0 Å². The Balaban J connectivity index is 2.30. The summed E-state index contributed by atoms with van der Waals surface area (Å²) in [5.41, 5.74) is 7.01. The van der Waals surface area contributed by atoms with Gasteiger partial charge >= 0.3 is 0 Å². The summed E-state index contributed by atoms with van der Waals surface area (Å²) in [6, 6.07) is 9.69. The first-order valence-corrected chi connectivity index (χ1v) is 5.81. The minimum absolute atomic E-state index is 0.0910. The summed E-state index contributed by atoms with van der Waals surface area (Å²) < 4.78 is 0. The van der Waals surface area contributed by atoms with E-state index in [0.717, 1.165) is 18.4 Å². The quantitative estimate of drug-likeness (QED) is 0.770. The summed E-state index contributed by atoms with van der Waals surface area (Å²) in [4.78, 5) is 11.4. The van der Waals surface area contributed by atoms with Crippen molar-refractivity contribution in [3.05, 3.63) is 35.9 Å². The second-order valence-corrected chi connectivity index (χ2v) is 3.92. The predicted molar refractivity (Wildman–Crippen MR) is 65.9 cm³/mol. The maximum Gasteiger partial charge on any atom is 0.220 e. The van der Waals surface area contributed by atoms with E-state index in [9.17, 15) is 4.79 Å². The van der Waals surface area contributed by atoms with E-state index in [-0.39, 0.29) is 11.9 Å². The highest BCUT2D eigenvalue weighted by atomic mass is 16.1. The van der Waals surface area contributed by atoms with E-state index in [0.29, 0.717) is 13.0 Å². The first-order valence-electron chi connectivity index (χ1n) is 5.81. The molecule has 0 fully saturated rings. The molecule has 1 amide bonds. The number of rotatable bonds is 6. The summed E-state index contributed by atoms with van der Waals surface area (Å²) in [5.74, 6) is 0.0910. The van der Waals surface area contributed by atoms with Gasteiger partial charge in [-0.05, 0) is 12.0 Å². The van der Waals surface area contributed by atoms with Crippen molar-refractivity contribution in [1.82, 2.24) is 5.32 Å². The summed E-state index contributed by atoms with van der Waals surface area (Å²) in [6.45, 7) is 2.58. The molecule has 3 nitrogen and oxygen atoms in total. The van der Waals surface area contributed by atoms with Gasteiger partial charge in [0.2, 0.25) is 5.91 Å². The van der Waals surface area contributed by atoms with Gasteiger partial charge in [-0.3, -0.25) is 4.79 Å². The zero-order chi connectivity index (χ0) is 11.8. The van der Waals surface area contributed by atoms with E-state index in [2.05, 4.69) is 12.2 Å². The van der Waals surface area contributed by atoms with Crippen LogP contribution in [-0.2, 0) is 4.79 Å². The molecule has 1 unspecified atom stereocenters. The molecule has 0 aliphatic carbocycles. The van der Waals surface area contributed by atoms with Gasteiger partial charge < -0.3 is 11.1 Å². The molecular formula is C13H20N2O. The third-order valence-electron chi connectivity index (χ3n) is 2.50. The van der Waals surface area contributed by atoms with Gasteiger partial charge in [0.25, 0.3) is 0 Å². The largest absolute Gasteiger partial charge is 0.354 e. The number of carbonyl (C=O) groups excluding carboxylic acids is 1. The van der Waals surface area contributed by atoms with Crippen LogP contribution in [0, 0.1) is 0 Å². The summed E-state index contributed by atoms with van der Waals surface area (Å²) >= 11 is 0. The highest BCUT2D eigenvalue weighted by molar-refractivity contribution is 5.75. The maximum absolute atomic E-state index is 11.4. The normalized spacial score (nSPS) is 12.1. The Morgan fingerprint density at radius 3 is 2.69 bits per heavy atom. The summed E-state index contributed by atoms with van der Waals surface area (Å²) in [6.07, 6.45) is 2.57. The average Bonchev–Trinajstić information content (AvgIpc) is 2.34. The van der Waals surface area contributed by atoms with Crippen molar-refractivity contribution in [3.8, 4) is 0 Å². The lowest BCUT2D eigenvalue weighted by molar-refractivity contribution is -0.121. The van der Waals surface area contributed by atoms with Crippen LogP contribution in [0.15, 0.2) is 30.3 Å². The van der Waals surface area contributed by atoms with Crippen LogP contribution in [0.2, 0.25) is 0 Å². The van der Waals surface area contributed by atoms with E-state index in [4.69, 9.17) is 5.73 Å². The van der Waals surface area contributed by atoms with E-state index in [1.807, 2.05) is 30.3 Å². The molecule has 88 valence electrons. The Morgan fingerprint density at radius 2 is 2.06 bits per heavy atom. The lowest BCUT2D eigenvalue weighted by Gasteiger charge is -2.12. The Kier molecular flexibility index (Phi) is 5.57. The van der Waals surface area contributed by atoms with Crippen molar-refractivity contribution in [1.29, 1.82) is 0 Å². The van der Waals surface area contributed by atoms with Gasteiger partial charge in [-0.15, -0.1) is 0 Å². The van der Waals surface area contributed by atoms with Crippen LogP contribution in [0.5, 0.6) is 0 Å². The first-order chi connectivity index (χ1) is 7.74. The Morgan fingerprint density at radius 1 is 1.38 bits per heavy atom. The standard InChI is InChI=1S/C13H20N2O/c1-2-3-9-13(16)15-10-12(14)11-7-5-4-6-8-11/h4-8,12H,2-3,9-10,14H2,1H3,(H,15,16). The fourth-order valence-electron chi connectivity index (χ4n) is 1.47. The third-order valence-corrected chi connectivity index (χ3v) is 2.50. The molecule has 0 saturated carbocycles. The molecule has 1 aromatic rings. The lowest BCUT2D eigenvalue weighted by atomic mass is 10.1. The van der Waals surface area contributed by atoms with Crippen LogP contribution in [0.3, 0.4) is 0 Å². The number of amides is 1. The number of hydrogen-bond acceptors (Lipinski definition) is 2. The van der Waals surface area contributed by atoms with Gasteiger partial charge in [0.1, 0.15) is 0 Å². The van der Waals surface area contributed by atoms with Crippen molar-refractivity contribution in [2.75, 3.05) is 6.54 Å². The first kappa shape index (κ1) is 12.7. The molecule has 3 N–H and O–H groups in total. The molecule has 0 spiro atoms. The van der Waals surface area contributed by atoms with Crippen LogP contribution in [0.4, 0.5) is 0 Å². The minimum atomic E-state index is -0.119. The fourth-order valence-corrected chi connectivity index (χ4v) is 1.47. The molecule has 0 aromatic heterocycles. The average molecular weight is 220 g/mol. The maximum atomic E-state index is 11.4. The predicted octanol–water partition coefficient (Wildman–Crippen LogP) is 1.99. The van der Waals surface area contributed by atoms with Crippen molar-refractivity contribution in [3.63, 3.8) is 0 Å². The van der Waals surface area contributed by atoms with Gasteiger partial charge in [-0.25, -0.2) is 0 Å². The topological polar surface area (TPSA) is 55.1 Å². The molecular weight excluding hydrogens is 200 g/mol. The molecule has 1 aromatic carbocycles. The van der Waals surface area contributed by atoms with E-state index in [1.54, 1.807) is 0 Å². The number of hydrogen-bond donors (Lipinski definition) is 2. The number of nitrogens with one attached hydrogen (secondary N) is 1. The molecule has 0 aliphatic rings. The van der Waals surface area contributed by atoms with Crippen LogP contribution in [-0.4, -0.2) is 12.5 Å². The zero-order valence-corrected chi connectivity index (χ0v) is 9.78. The van der Waals surface area contributed by atoms with E-state index in [1.165, 1.54) is 0 Å². The minimum Gasteiger partial charge on any atom is -0.354 e. The third kappa shape index (κ3) is 4.45.